The Morgan fingerprint density at radius 2 is 1.89 bits per heavy atom. The first-order chi connectivity index (χ1) is 9.01. The maximum atomic E-state index is 11.9. The van der Waals surface area contributed by atoms with Crippen molar-refractivity contribution in [3.63, 3.8) is 0 Å². The number of rotatable bonds is 5. The lowest BCUT2D eigenvalue weighted by atomic mass is 10.3. The highest BCUT2D eigenvalue weighted by Crippen LogP contribution is 2.22. The average molecular weight is 280 g/mol. The summed E-state index contributed by atoms with van der Waals surface area (Å²) in [5.74, 6) is -0.241. The third-order valence-electron chi connectivity index (χ3n) is 2.65. The molecule has 0 saturated heterocycles. The van der Waals surface area contributed by atoms with Crippen molar-refractivity contribution in [1.82, 2.24) is 4.72 Å². The molecule has 0 heterocycles. The van der Waals surface area contributed by atoms with Crippen molar-refractivity contribution in [3.05, 3.63) is 36.4 Å². The van der Waals surface area contributed by atoms with Crippen LogP contribution in [0.5, 0.6) is 0 Å². The van der Waals surface area contributed by atoms with Crippen LogP contribution in [0.15, 0.2) is 41.3 Å². The van der Waals surface area contributed by atoms with Crippen LogP contribution in [-0.2, 0) is 14.8 Å². The molecule has 2 N–H and O–H groups in total. The molecule has 2 rings (SSSR count). The minimum absolute atomic E-state index is 0.0825. The van der Waals surface area contributed by atoms with Crippen LogP contribution in [0.4, 0.5) is 5.69 Å². The van der Waals surface area contributed by atoms with Gasteiger partial charge in [-0.05, 0) is 50.1 Å². The first-order valence-electron chi connectivity index (χ1n) is 6.07. The van der Waals surface area contributed by atoms with Gasteiger partial charge in [-0.25, -0.2) is 13.1 Å². The van der Waals surface area contributed by atoms with Gasteiger partial charge in [0, 0.05) is 11.7 Å². The summed E-state index contributed by atoms with van der Waals surface area (Å²) >= 11 is 0. The van der Waals surface area contributed by atoms with E-state index in [-0.39, 0.29) is 16.8 Å². The highest BCUT2D eigenvalue weighted by atomic mass is 32.2. The number of carbonyl (C=O) groups is 1. The van der Waals surface area contributed by atoms with E-state index in [1.807, 2.05) is 0 Å². The number of carbonyl (C=O) groups excluding carboxylic acids is 1. The number of nitrogens with one attached hydrogen (secondary N) is 2. The highest BCUT2D eigenvalue weighted by molar-refractivity contribution is 7.89. The van der Waals surface area contributed by atoms with Crippen molar-refractivity contribution in [1.29, 1.82) is 0 Å². The first kappa shape index (κ1) is 13.8. The molecule has 102 valence electrons. The second-order valence-corrected chi connectivity index (χ2v) is 6.12. The van der Waals surface area contributed by atoms with E-state index in [0.29, 0.717) is 5.69 Å². The number of hydrogen-bond acceptors (Lipinski definition) is 3. The molecule has 0 aliphatic heterocycles. The number of allylic oxidation sites excluding steroid dienone is 1. The van der Waals surface area contributed by atoms with Crippen molar-refractivity contribution in [2.75, 3.05) is 5.32 Å². The zero-order chi connectivity index (χ0) is 13.9. The first-order valence-corrected chi connectivity index (χ1v) is 7.55. The second-order valence-electron chi connectivity index (χ2n) is 4.41. The van der Waals surface area contributed by atoms with Crippen LogP contribution < -0.4 is 10.0 Å². The molecule has 1 aliphatic rings. The van der Waals surface area contributed by atoms with Crippen LogP contribution in [0.2, 0.25) is 0 Å². The molecule has 0 spiro atoms. The number of anilines is 1. The van der Waals surface area contributed by atoms with Crippen molar-refractivity contribution < 1.29 is 13.2 Å². The van der Waals surface area contributed by atoms with E-state index >= 15 is 0 Å². The number of benzene rings is 1. The number of amides is 1. The molecule has 0 unspecified atom stereocenters. The maximum Gasteiger partial charge on any atom is 0.248 e. The Morgan fingerprint density at radius 1 is 1.26 bits per heavy atom. The van der Waals surface area contributed by atoms with E-state index in [1.165, 1.54) is 18.2 Å². The summed E-state index contributed by atoms with van der Waals surface area (Å²) in [5, 5.41) is 2.63. The molecule has 1 amide bonds. The zero-order valence-corrected chi connectivity index (χ0v) is 11.4. The van der Waals surface area contributed by atoms with E-state index < -0.39 is 10.0 Å². The van der Waals surface area contributed by atoms with Crippen molar-refractivity contribution >= 4 is 21.6 Å². The van der Waals surface area contributed by atoms with E-state index in [9.17, 15) is 13.2 Å². The fourth-order valence-electron chi connectivity index (χ4n) is 1.54. The normalized spacial score (nSPS) is 15.6. The van der Waals surface area contributed by atoms with Gasteiger partial charge >= 0.3 is 0 Å². The molecule has 1 saturated carbocycles. The van der Waals surface area contributed by atoms with Crippen molar-refractivity contribution in [3.8, 4) is 0 Å². The number of sulfonamides is 1. The van der Waals surface area contributed by atoms with E-state index in [0.717, 1.165) is 12.8 Å². The summed E-state index contributed by atoms with van der Waals surface area (Å²) in [4.78, 5) is 11.5. The minimum atomic E-state index is -3.43. The van der Waals surface area contributed by atoms with Gasteiger partial charge in [-0.2, -0.15) is 0 Å². The molecule has 1 aromatic carbocycles. The monoisotopic (exact) mass is 280 g/mol. The molecule has 1 aliphatic carbocycles. The van der Waals surface area contributed by atoms with Gasteiger partial charge < -0.3 is 5.32 Å². The maximum absolute atomic E-state index is 11.9. The quantitative estimate of drug-likeness (QED) is 0.805. The number of hydrogen-bond donors (Lipinski definition) is 2. The summed E-state index contributed by atoms with van der Waals surface area (Å²) in [7, 11) is -3.43. The molecule has 0 aromatic heterocycles. The minimum Gasteiger partial charge on any atom is -0.323 e. The lowest BCUT2D eigenvalue weighted by Gasteiger charge is -2.07. The van der Waals surface area contributed by atoms with Crippen LogP contribution in [0.25, 0.3) is 0 Å². The molecule has 19 heavy (non-hydrogen) atoms. The fourth-order valence-corrected chi connectivity index (χ4v) is 2.85. The van der Waals surface area contributed by atoms with E-state index in [4.69, 9.17) is 0 Å². The smallest absolute Gasteiger partial charge is 0.248 e. The summed E-state index contributed by atoms with van der Waals surface area (Å²) in [5.41, 5.74) is 0.563. The Morgan fingerprint density at radius 3 is 2.42 bits per heavy atom. The SMILES string of the molecule is CC=CC(=O)Nc1ccc(S(=O)(=O)NC2CC2)cc1. The third-order valence-corrected chi connectivity index (χ3v) is 4.19. The predicted molar refractivity (Wildman–Crippen MR) is 73.2 cm³/mol. The van der Waals surface area contributed by atoms with Crippen LogP contribution in [0.3, 0.4) is 0 Å². The van der Waals surface area contributed by atoms with Crippen LogP contribution in [0, 0.1) is 0 Å². The molecule has 0 radical (unpaired) electrons. The fraction of sp³-hybridized carbons (Fsp3) is 0.308. The van der Waals surface area contributed by atoms with Crippen molar-refractivity contribution in [2.24, 2.45) is 0 Å². The summed E-state index contributed by atoms with van der Waals surface area (Å²) in [6.07, 6.45) is 4.83. The Balaban J connectivity index is 2.07. The van der Waals surface area contributed by atoms with Crippen LogP contribution >= 0.6 is 0 Å². The Labute approximate surface area is 112 Å². The largest absolute Gasteiger partial charge is 0.323 e. The molecule has 5 nitrogen and oxygen atoms in total. The van der Waals surface area contributed by atoms with Gasteiger partial charge in [-0.15, -0.1) is 0 Å². The average Bonchev–Trinajstić information content (AvgIpc) is 3.13. The Bertz CT molecular complexity index is 587. The van der Waals surface area contributed by atoms with Crippen LogP contribution in [0.1, 0.15) is 19.8 Å². The Hall–Kier alpha value is -1.66. The van der Waals surface area contributed by atoms with E-state index in [2.05, 4.69) is 10.0 Å². The molecule has 1 aromatic rings. The Kier molecular flexibility index (Phi) is 4.01. The van der Waals surface area contributed by atoms with E-state index in [1.54, 1.807) is 25.1 Å². The lowest BCUT2D eigenvalue weighted by molar-refractivity contribution is -0.111. The van der Waals surface area contributed by atoms with Crippen molar-refractivity contribution in [2.45, 2.75) is 30.7 Å². The zero-order valence-electron chi connectivity index (χ0n) is 10.6. The van der Waals surface area contributed by atoms with Gasteiger partial charge in [0.05, 0.1) is 4.90 Å². The van der Waals surface area contributed by atoms with Gasteiger partial charge in [-0.3, -0.25) is 4.79 Å². The molecule has 0 bridgehead atoms. The lowest BCUT2D eigenvalue weighted by Crippen LogP contribution is -2.25. The molecule has 0 atom stereocenters. The standard InChI is InChI=1S/C13H16N2O3S/c1-2-3-13(16)14-10-6-8-12(9-7-10)19(17,18)15-11-4-5-11/h2-3,6-9,11,15H,4-5H2,1H3,(H,14,16). The molecule has 1 fully saturated rings. The topological polar surface area (TPSA) is 75.3 Å². The molecular formula is C13H16N2O3S. The molecule has 6 heteroatoms. The second kappa shape index (κ2) is 5.54. The summed E-state index contributed by atoms with van der Waals surface area (Å²) in [6.45, 7) is 1.75. The van der Waals surface area contributed by atoms with Gasteiger partial charge in [0.15, 0.2) is 0 Å². The van der Waals surface area contributed by atoms with Crippen LogP contribution in [-0.4, -0.2) is 20.4 Å². The summed E-state index contributed by atoms with van der Waals surface area (Å²) in [6, 6.07) is 6.19. The van der Waals surface area contributed by atoms with Gasteiger partial charge in [0.25, 0.3) is 0 Å². The summed E-state index contributed by atoms with van der Waals surface area (Å²) < 4.78 is 26.4. The third kappa shape index (κ3) is 3.90. The highest BCUT2D eigenvalue weighted by Gasteiger charge is 2.27. The van der Waals surface area contributed by atoms with Gasteiger partial charge in [0.1, 0.15) is 0 Å². The van der Waals surface area contributed by atoms with Gasteiger partial charge in [-0.1, -0.05) is 6.08 Å². The molecular weight excluding hydrogens is 264 g/mol. The van der Waals surface area contributed by atoms with Gasteiger partial charge in [0.2, 0.25) is 15.9 Å². The predicted octanol–water partition coefficient (Wildman–Crippen LogP) is 1.64.